The predicted molar refractivity (Wildman–Crippen MR) is 69.2 cm³/mol. The van der Waals surface area contributed by atoms with Crippen LogP contribution in [0.1, 0.15) is 5.56 Å². The van der Waals surface area contributed by atoms with E-state index in [1.54, 1.807) is 0 Å². The Morgan fingerprint density at radius 2 is 1.84 bits per heavy atom. The van der Waals surface area contributed by atoms with Crippen molar-refractivity contribution < 1.29 is 21.2 Å². The third-order valence-electron chi connectivity index (χ3n) is 2.40. The van der Waals surface area contributed by atoms with Crippen molar-refractivity contribution in [3.05, 3.63) is 29.6 Å². The number of rotatable bonds is 6. The Morgan fingerprint density at radius 3 is 2.37 bits per heavy atom. The molecule has 19 heavy (non-hydrogen) atoms. The molecule has 0 unspecified atom stereocenters. The Morgan fingerprint density at radius 1 is 1.21 bits per heavy atom. The fourth-order valence-corrected chi connectivity index (χ4v) is 3.36. The molecule has 0 saturated carbocycles. The molecule has 2 N–H and O–H groups in total. The first-order valence-electron chi connectivity index (χ1n) is 5.35. The summed E-state index contributed by atoms with van der Waals surface area (Å²) in [7, 11) is -6.08. The summed E-state index contributed by atoms with van der Waals surface area (Å²) in [5.41, 5.74) is 0.254. The van der Waals surface area contributed by atoms with Crippen molar-refractivity contribution in [3.63, 3.8) is 0 Å². The van der Waals surface area contributed by atoms with Crippen molar-refractivity contribution in [3.8, 4) is 0 Å². The van der Waals surface area contributed by atoms with Crippen LogP contribution in [0.3, 0.4) is 0 Å². The standard InChI is InChI=1S/C10H15FN2O4S2/c1-8-7-9(11)3-4-10(8)19(16,17)13-5-6-18(14,15)12-2/h3-4,7,12-13H,5-6H2,1-2H3. The zero-order chi connectivity index (χ0) is 14.7. The van der Waals surface area contributed by atoms with E-state index >= 15 is 0 Å². The molecule has 0 amide bonds. The molecule has 6 nitrogen and oxygen atoms in total. The maximum Gasteiger partial charge on any atom is 0.240 e. The molecule has 0 atom stereocenters. The van der Waals surface area contributed by atoms with E-state index < -0.39 is 25.9 Å². The molecule has 0 spiro atoms. The summed E-state index contributed by atoms with van der Waals surface area (Å²) in [6.07, 6.45) is 0. The van der Waals surface area contributed by atoms with Gasteiger partial charge in [-0.15, -0.1) is 0 Å². The molecule has 0 radical (unpaired) electrons. The summed E-state index contributed by atoms with van der Waals surface area (Å²) < 4.78 is 63.2. The molecule has 1 rings (SSSR count). The lowest BCUT2D eigenvalue weighted by Gasteiger charge is -2.09. The van der Waals surface area contributed by atoms with Crippen molar-refractivity contribution in [1.29, 1.82) is 0 Å². The van der Waals surface area contributed by atoms with Crippen LogP contribution in [0.4, 0.5) is 4.39 Å². The molecule has 0 saturated heterocycles. The number of halogens is 1. The molecule has 0 heterocycles. The van der Waals surface area contributed by atoms with Crippen molar-refractivity contribution in [2.45, 2.75) is 11.8 Å². The average Bonchev–Trinajstić information content (AvgIpc) is 2.27. The van der Waals surface area contributed by atoms with Gasteiger partial charge in [0.1, 0.15) is 5.82 Å². The zero-order valence-corrected chi connectivity index (χ0v) is 12.1. The van der Waals surface area contributed by atoms with Gasteiger partial charge in [-0.25, -0.2) is 30.7 Å². The lowest BCUT2D eigenvalue weighted by molar-refractivity contribution is 0.577. The van der Waals surface area contributed by atoms with Crippen LogP contribution in [-0.4, -0.2) is 36.2 Å². The predicted octanol–water partition coefficient (Wildman–Crippen LogP) is -0.0384. The second-order valence-electron chi connectivity index (χ2n) is 3.83. The SMILES string of the molecule is CNS(=O)(=O)CCNS(=O)(=O)c1ccc(F)cc1C. The highest BCUT2D eigenvalue weighted by molar-refractivity contribution is 7.90. The van der Waals surface area contributed by atoms with Gasteiger partial charge in [0.15, 0.2) is 0 Å². The van der Waals surface area contributed by atoms with E-state index in [4.69, 9.17) is 0 Å². The molecule has 0 fully saturated rings. The first-order valence-corrected chi connectivity index (χ1v) is 8.48. The molecule has 0 aromatic heterocycles. The smallest absolute Gasteiger partial charge is 0.218 e. The van der Waals surface area contributed by atoms with Gasteiger partial charge < -0.3 is 0 Å². The minimum atomic E-state index is -3.85. The summed E-state index contributed by atoms with van der Waals surface area (Å²) in [5.74, 6) is -0.905. The van der Waals surface area contributed by atoms with E-state index in [1.807, 2.05) is 0 Å². The van der Waals surface area contributed by atoms with E-state index in [-0.39, 0.29) is 22.8 Å². The maximum atomic E-state index is 12.9. The Kier molecular flexibility index (Phi) is 5.02. The summed E-state index contributed by atoms with van der Waals surface area (Å²) in [6, 6.07) is 3.27. The minimum Gasteiger partial charge on any atom is -0.218 e. The molecule has 0 aliphatic carbocycles. The van der Waals surface area contributed by atoms with E-state index in [9.17, 15) is 21.2 Å². The monoisotopic (exact) mass is 310 g/mol. The Bertz CT molecular complexity index is 656. The van der Waals surface area contributed by atoms with Gasteiger partial charge in [-0.1, -0.05) is 0 Å². The average molecular weight is 310 g/mol. The molecule has 0 aliphatic rings. The van der Waals surface area contributed by atoms with Gasteiger partial charge in [-0.2, -0.15) is 0 Å². The van der Waals surface area contributed by atoms with Crippen LogP contribution in [0.5, 0.6) is 0 Å². The fourth-order valence-electron chi connectivity index (χ4n) is 1.40. The fraction of sp³-hybridized carbons (Fsp3) is 0.400. The number of aryl methyl sites for hydroxylation is 1. The number of sulfonamides is 2. The molecule has 1 aromatic rings. The highest BCUT2D eigenvalue weighted by Gasteiger charge is 2.18. The third-order valence-corrected chi connectivity index (χ3v) is 5.39. The first kappa shape index (κ1) is 16.0. The van der Waals surface area contributed by atoms with Crippen LogP contribution in [0, 0.1) is 12.7 Å². The van der Waals surface area contributed by atoms with E-state index in [2.05, 4.69) is 9.44 Å². The van der Waals surface area contributed by atoms with Gasteiger partial charge in [0.25, 0.3) is 0 Å². The quantitative estimate of drug-likeness (QED) is 0.771. The zero-order valence-electron chi connectivity index (χ0n) is 10.5. The van der Waals surface area contributed by atoms with Crippen LogP contribution < -0.4 is 9.44 Å². The Labute approximate surface area is 112 Å². The lowest BCUT2D eigenvalue weighted by atomic mass is 10.2. The van der Waals surface area contributed by atoms with Gasteiger partial charge in [-0.3, -0.25) is 0 Å². The summed E-state index contributed by atoms with van der Waals surface area (Å²) in [4.78, 5) is -0.0734. The van der Waals surface area contributed by atoms with Gasteiger partial charge >= 0.3 is 0 Å². The van der Waals surface area contributed by atoms with Gasteiger partial charge in [0.2, 0.25) is 20.0 Å². The topological polar surface area (TPSA) is 92.3 Å². The van der Waals surface area contributed by atoms with Crippen molar-refractivity contribution in [2.24, 2.45) is 0 Å². The number of hydrogen-bond acceptors (Lipinski definition) is 4. The van der Waals surface area contributed by atoms with Crippen molar-refractivity contribution in [1.82, 2.24) is 9.44 Å². The second-order valence-corrected chi connectivity index (χ2v) is 7.61. The van der Waals surface area contributed by atoms with Gasteiger partial charge in [-0.05, 0) is 37.7 Å². The molecule has 9 heteroatoms. The van der Waals surface area contributed by atoms with E-state index in [1.165, 1.54) is 14.0 Å². The summed E-state index contributed by atoms with van der Waals surface area (Å²) in [5, 5.41) is 0. The number of benzene rings is 1. The van der Waals surface area contributed by atoms with E-state index in [0.29, 0.717) is 0 Å². The minimum absolute atomic E-state index is 0.0734. The van der Waals surface area contributed by atoms with Gasteiger partial charge in [0.05, 0.1) is 10.6 Å². The van der Waals surface area contributed by atoms with Crippen molar-refractivity contribution >= 4 is 20.0 Å². The molecule has 108 valence electrons. The van der Waals surface area contributed by atoms with Gasteiger partial charge in [0, 0.05) is 6.54 Å². The van der Waals surface area contributed by atoms with Crippen LogP contribution in [-0.2, 0) is 20.0 Å². The molecule has 1 aromatic carbocycles. The number of nitrogens with one attached hydrogen (secondary N) is 2. The van der Waals surface area contributed by atoms with Crippen LogP contribution in [0.15, 0.2) is 23.1 Å². The van der Waals surface area contributed by atoms with Crippen LogP contribution in [0.25, 0.3) is 0 Å². The van der Waals surface area contributed by atoms with Crippen LogP contribution >= 0.6 is 0 Å². The molecule has 0 aliphatic heterocycles. The Hall–Kier alpha value is -1.03. The highest BCUT2D eigenvalue weighted by Crippen LogP contribution is 2.15. The summed E-state index contributed by atoms with van der Waals surface area (Å²) >= 11 is 0. The molecular weight excluding hydrogens is 295 g/mol. The molecular formula is C10H15FN2O4S2. The van der Waals surface area contributed by atoms with E-state index in [0.717, 1.165) is 18.2 Å². The molecule has 0 bridgehead atoms. The second kappa shape index (κ2) is 5.95. The third kappa shape index (κ3) is 4.53. The number of hydrogen-bond donors (Lipinski definition) is 2. The summed E-state index contributed by atoms with van der Waals surface area (Å²) in [6.45, 7) is 1.20. The largest absolute Gasteiger partial charge is 0.240 e. The van der Waals surface area contributed by atoms with Crippen LogP contribution in [0.2, 0.25) is 0 Å². The Balaban J connectivity index is 2.82. The normalized spacial score (nSPS) is 12.6. The highest BCUT2D eigenvalue weighted by atomic mass is 32.2. The van der Waals surface area contributed by atoms with Crippen molar-refractivity contribution in [2.75, 3.05) is 19.3 Å². The lowest BCUT2D eigenvalue weighted by Crippen LogP contribution is -2.33. The maximum absolute atomic E-state index is 12.9. The first-order chi connectivity index (χ1) is 8.68.